The molecule has 0 saturated carbocycles. The van der Waals surface area contributed by atoms with Gasteiger partial charge in [-0.25, -0.2) is 13.8 Å². The third-order valence-corrected chi connectivity index (χ3v) is 3.93. The van der Waals surface area contributed by atoms with Crippen LogP contribution in [-0.4, -0.2) is 24.5 Å². The zero-order chi connectivity index (χ0) is 14.0. The van der Waals surface area contributed by atoms with E-state index in [0.29, 0.717) is 0 Å². The Morgan fingerprint density at radius 1 is 1.37 bits per heavy atom. The summed E-state index contributed by atoms with van der Waals surface area (Å²) in [5, 5.41) is 4.27. The van der Waals surface area contributed by atoms with E-state index >= 15 is 0 Å². The Kier molecular flexibility index (Phi) is 3.70. The molecule has 0 fully saturated rings. The van der Waals surface area contributed by atoms with Gasteiger partial charge in [-0.05, 0) is 23.8 Å². The first-order valence-electron chi connectivity index (χ1n) is 5.67. The summed E-state index contributed by atoms with van der Waals surface area (Å²) in [5.74, 6) is 5.56. The predicted molar refractivity (Wildman–Crippen MR) is 71.9 cm³/mol. The average molecular weight is 280 g/mol. The number of aryl methyl sites for hydroxylation is 1. The van der Waals surface area contributed by atoms with Crippen molar-refractivity contribution in [3.63, 3.8) is 0 Å². The quantitative estimate of drug-likeness (QED) is 0.624. The van der Waals surface area contributed by atoms with Gasteiger partial charge >= 0.3 is 0 Å². The lowest BCUT2D eigenvalue weighted by Crippen LogP contribution is -2.29. The van der Waals surface area contributed by atoms with E-state index in [9.17, 15) is 8.42 Å². The number of nitrogens with zero attached hydrogens (tertiary/aromatic N) is 2. The van der Waals surface area contributed by atoms with Crippen LogP contribution < -0.4 is 11.3 Å². The lowest BCUT2D eigenvalue weighted by Gasteiger charge is -2.14. The Labute approximate surface area is 112 Å². The van der Waals surface area contributed by atoms with Gasteiger partial charge in [-0.15, -0.1) is 0 Å². The van der Waals surface area contributed by atoms with Crippen molar-refractivity contribution in [3.05, 3.63) is 47.8 Å². The zero-order valence-corrected chi connectivity index (χ0v) is 11.6. The number of hydrogen-bond donors (Lipinski definition) is 2. The SMILES string of the molecule is Cn1ccc(C(NN)c2cccc(S(C)(=O)=O)c2)n1. The molecule has 1 aromatic carbocycles. The minimum atomic E-state index is -3.24. The van der Waals surface area contributed by atoms with Crippen LogP contribution in [0.5, 0.6) is 0 Å². The number of hydrazine groups is 1. The van der Waals surface area contributed by atoms with E-state index in [1.807, 2.05) is 19.2 Å². The smallest absolute Gasteiger partial charge is 0.175 e. The fourth-order valence-corrected chi connectivity index (χ4v) is 2.54. The third-order valence-electron chi connectivity index (χ3n) is 2.82. The van der Waals surface area contributed by atoms with Gasteiger partial charge in [-0.3, -0.25) is 10.5 Å². The normalized spacial score (nSPS) is 13.4. The molecule has 0 spiro atoms. The molecule has 1 unspecified atom stereocenters. The molecule has 1 atom stereocenters. The van der Waals surface area contributed by atoms with Crippen molar-refractivity contribution in [1.29, 1.82) is 0 Å². The fraction of sp³-hybridized carbons (Fsp3) is 0.250. The average Bonchev–Trinajstić information content (AvgIpc) is 2.76. The Balaban J connectivity index is 2.45. The summed E-state index contributed by atoms with van der Waals surface area (Å²) in [6.07, 6.45) is 2.98. The second-order valence-electron chi connectivity index (χ2n) is 4.36. The number of hydrogen-bond acceptors (Lipinski definition) is 5. The predicted octanol–water partition coefficient (Wildman–Crippen LogP) is 0.376. The molecule has 102 valence electrons. The maximum absolute atomic E-state index is 11.6. The zero-order valence-electron chi connectivity index (χ0n) is 10.7. The highest BCUT2D eigenvalue weighted by Crippen LogP contribution is 2.22. The maximum atomic E-state index is 11.6. The van der Waals surface area contributed by atoms with Crippen LogP contribution in [0.3, 0.4) is 0 Å². The summed E-state index contributed by atoms with van der Waals surface area (Å²) in [4.78, 5) is 0.265. The Morgan fingerprint density at radius 3 is 2.63 bits per heavy atom. The number of benzene rings is 1. The molecule has 0 saturated heterocycles. The van der Waals surface area contributed by atoms with E-state index in [1.165, 1.54) is 6.26 Å². The molecule has 0 aliphatic heterocycles. The molecule has 19 heavy (non-hydrogen) atoms. The van der Waals surface area contributed by atoms with Gasteiger partial charge in [0.15, 0.2) is 9.84 Å². The van der Waals surface area contributed by atoms with Crippen LogP contribution in [-0.2, 0) is 16.9 Å². The third kappa shape index (κ3) is 3.01. The fourth-order valence-electron chi connectivity index (χ4n) is 1.86. The summed E-state index contributed by atoms with van der Waals surface area (Å²) in [5.41, 5.74) is 4.14. The van der Waals surface area contributed by atoms with Crippen molar-refractivity contribution >= 4 is 9.84 Å². The van der Waals surface area contributed by atoms with Gasteiger partial charge in [0, 0.05) is 19.5 Å². The summed E-state index contributed by atoms with van der Waals surface area (Å²) in [6.45, 7) is 0. The van der Waals surface area contributed by atoms with E-state index in [4.69, 9.17) is 5.84 Å². The highest BCUT2D eigenvalue weighted by atomic mass is 32.2. The molecule has 7 heteroatoms. The summed E-state index contributed by atoms with van der Waals surface area (Å²) in [6, 6.07) is 8.16. The van der Waals surface area contributed by atoms with Crippen LogP contribution in [0.25, 0.3) is 0 Å². The highest BCUT2D eigenvalue weighted by molar-refractivity contribution is 7.90. The summed E-state index contributed by atoms with van der Waals surface area (Å²) in [7, 11) is -1.43. The molecule has 1 heterocycles. The highest BCUT2D eigenvalue weighted by Gasteiger charge is 2.17. The first kappa shape index (κ1) is 13.7. The Bertz CT molecular complexity index is 679. The second-order valence-corrected chi connectivity index (χ2v) is 6.37. The van der Waals surface area contributed by atoms with Gasteiger partial charge < -0.3 is 0 Å². The van der Waals surface area contributed by atoms with Crippen molar-refractivity contribution in [2.75, 3.05) is 6.26 Å². The molecule has 1 aromatic heterocycles. The molecule has 0 radical (unpaired) electrons. The largest absolute Gasteiger partial charge is 0.275 e. The number of aromatic nitrogens is 2. The van der Waals surface area contributed by atoms with Crippen LogP contribution in [0.4, 0.5) is 0 Å². The van der Waals surface area contributed by atoms with E-state index < -0.39 is 9.84 Å². The standard InChI is InChI=1S/C12H16N4O2S/c1-16-7-6-11(15-16)12(14-13)9-4-3-5-10(8-9)19(2,17)18/h3-8,12,14H,13H2,1-2H3. The lowest BCUT2D eigenvalue weighted by atomic mass is 10.0. The summed E-state index contributed by atoms with van der Waals surface area (Å²) < 4.78 is 24.8. The minimum absolute atomic E-state index is 0.265. The van der Waals surface area contributed by atoms with E-state index in [2.05, 4.69) is 10.5 Å². The van der Waals surface area contributed by atoms with E-state index in [1.54, 1.807) is 29.1 Å². The lowest BCUT2D eigenvalue weighted by molar-refractivity contribution is 0.595. The maximum Gasteiger partial charge on any atom is 0.175 e. The van der Waals surface area contributed by atoms with Gasteiger partial charge in [0.2, 0.25) is 0 Å². The van der Waals surface area contributed by atoms with Crippen molar-refractivity contribution in [2.24, 2.45) is 12.9 Å². The molecular weight excluding hydrogens is 264 g/mol. The molecule has 0 bridgehead atoms. The topological polar surface area (TPSA) is 90.0 Å². The molecule has 6 nitrogen and oxygen atoms in total. The van der Waals surface area contributed by atoms with Crippen LogP contribution in [0.1, 0.15) is 17.3 Å². The molecular formula is C12H16N4O2S. The van der Waals surface area contributed by atoms with Gasteiger partial charge in [0.05, 0.1) is 16.6 Å². The van der Waals surface area contributed by atoms with Crippen LogP contribution in [0.15, 0.2) is 41.4 Å². The number of nitrogens with two attached hydrogens (primary N) is 1. The Morgan fingerprint density at radius 2 is 2.11 bits per heavy atom. The van der Waals surface area contributed by atoms with Crippen LogP contribution in [0.2, 0.25) is 0 Å². The summed E-state index contributed by atoms with van der Waals surface area (Å²) >= 11 is 0. The number of nitrogens with one attached hydrogen (secondary N) is 1. The Hall–Kier alpha value is -1.70. The van der Waals surface area contributed by atoms with Crippen molar-refractivity contribution in [2.45, 2.75) is 10.9 Å². The molecule has 0 aliphatic rings. The molecule has 2 rings (SSSR count). The van der Waals surface area contributed by atoms with Crippen LogP contribution >= 0.6 is 0 Å². The molecule has 0 amide bonds. The number of rotatable bonds is 4. The van der Waals surface area contributed by atoms with Crippen molar-refractivity contribution in [1.82, 2.24) is 15.2 Å². The minimum Gasteiger partial charge on any atom is -0.275 e. The van der Waals surface area contributed by atoms with E-state index in [-0.39, 0.29) is 10.9 Å². The van der Waals surface area contributed by atoms with Gasteiger partial charge in [0.1, 0.15) is 0 Å². The first-order valence-corrected chi connectivity index (χ1v) is 7.56. The van der Waals surface area contributed by atoms with Crippen LogP contribution in [0, 0.1) is 0 Å². The van der Waals surface area contributed by atoms with Crippen molar-refractivity contribution in [3.8, 4) is 0 Å². The molecule has 0 aliphatic carbocycles. The van der Waals surface area contributed by atoms with E-state index in [0.717, 1.165) is 11.3 Å². The van der Waals surface area contributed by atoms with Crippen molar-refractivity contribution < 1.29 is 8.42 Å². The van der Waals surface area contributed by atoms with Gasteiger partial charge in [-0.1, -0.05) is 12.1 Å². The molecule has 3 N–H and O–H groups in total. The molecule has 2 aromatic rings. The van der Waals surface area contributed by atoms with Gasteiger partial charge in [0.25, 0.3) is 0 Å². The second kappa shape index (κ2) is 5.12. The monoisotopic (exact) mass is 280 g/mol. The van der Waals surface area contributed by atoms with Gasteiger partial charge in [-0.2, -0.15) is 5.10 Å². The first-order chi connectivity index (χ1) is 8.91. The number of sulfone groups is 1.